The molecule has 1 aromatic heterocycles. The first kappa shape index (κ1) is 15.0. The third kappa shape index (κ3) is 2.32. The molecule has 1 nitrogen and oxygen atoms in total. The van der Waals surface area contributed by atoms with Gasteiger partial charge in [0.1, 0.15) is 11.5 Å². The maximum absolute atomic E-state index is 5.94. The van der Waals surface area contributed by atoms with Crippen molar-refractivity contribution in [2.24, 2.45) is 0 Å². The van der Waals surface area contributed by atoms with Crippen molar-refractivity contribution in [1.82, 2.24) is 0 Å². The van der Waals surface area contributed by atoms with Gasteiger partial charge in [0.15, 0.2) is 0 Å². The Morgan fingerprint density at radius 2 is 1.58 bits per heavy atom. The van der Waals surface area contributed by atoms with Crippen molar-refractivity contribution in [3.8, 4) is 11.1 Å². The molecular formula is C23H21O. The zero-order chi connectivity index (χ0) is 16.8. The lowest BCUT2D eigenvalue weighted by molar-refractivity contribution is 0.520. The zero-order valence-corrected chi connectivity index (χ0v) is 14.6. The summed E-state index contributed by atoms with van der Waals surface area (Å²) in [4.78, 5) is 0. The van der Waals surface area contributed by atoms with E-state index in [0.717, 1.165) is 17.1 Å². The summed E-state index contributed by atoms with van der Waals surface area (Å²) in [6, 6.07) is 15.1. The highest BCUT2D eigenvalue weighted by molar-refractivity contribution is 5.98. The van der Waals surface area contributed by atoms with Gasteiger partial charge in [-0.05, 0) is 78.8 Å². The van der Waals surface area contributed by atoms with Crippen LogP contribution in [-0.2, 0) is 0 Å². The molecule has 0 saturated heterocycles. The number of allylic oxidation sites excluding steroid dienone is 1. The van der Waals surface area contributed by atoms with E-state index in [9.17, 15) is 0 Å². The smallest absolute Gasteiger partial charge is 0.131 e. The summed E-state index contributed by atoms with van der Waals surface area (Å²) in [5.74, 6) is 1.95. The minimum absolute atomic E-state index is 0.954. The number of hydrogen-bond donors (Lipinski definition) is 0. The van der Waals surface area contributed by atoms with Crippen LogP contribution in [0.15, 0.2) is 46.9 Å². The zero-order valence-electron chi connectivity index (χ0n) is 14.6. The Balaban J connectivity index is 1.90. The lowest BCUT2D eigenvalue weighted by Crippen LogP contribution is -1.94. The van der Waals surface area contributed by atoms with Gasteiger partial charge in [-0.25, -0.2) is 0 Å². The molecule has 0 fully saturated rings. The van der Waals surface area contributed by atoms with Crippen LogP contribution in [0.3, 0.4) is 0 Å². The molecule has 1 radical (unpaired) electrons. The van der Waals surface area contributed by atoms with Gasteiger partial charge in [-0.1, -0.05) is 36.4 Å². The monoisotopic (exact) mass is 313 g/mol. The fraction of sp³-hybridized carbons (Fsp3) is 0.174. The highest BCUT2D eigenvalue weighted by Gasteiger charge is 2.23. The van der Waals surface area contributed by atoms with E-state index in [1.165, 1.54) is 38.9 Å². The van der Waals surface area contributed by atoms with Crippen LogP contribution in [0.5, 0.6) is 0 Å². The second kappa shape index (κ2) is 5.52. The summed E-state index contributed by atoms with van der Waals surface area (Å²) in [7, 11) is 0. The molecule has 0 aliphatic heterocycles. The Morgan fingerprint density at radius 1 is 0.833 bits per heavy atom. The van der Waals surface area contributed by atoms with E-state index in [4.69, 9.17) is 4.42 Å². The van der Waals surface area contributed by atoms with E-state index in [2.05, 4.69) is 75.7 Å². The average molecular weight is 313 g/mol. The molecule has 1 aliphatic rings. The summed E-state index contributed by atoms with van der Waals surface area (Å²) >= 11 is 0. The normalized spacial score (nSPS) is 13.1. The van der Waals surface area contributed by atoms with Crippen LogP contribution in [-0.4, -0.2) is 0 Å². The largest absolute Gasteiger partial charge is 0.461 e. The molecule has 1 heteroatoms. The molecule has 119 valence electrons. The van der Waals surface area contributed by atoms with Crippen LogP contribution in [0, 0.1) is 34.1 Å². The Kier molecular flexibility index (Phi) is 3.45. The standard InChI is InChI=1S/C23H21O/c1-14-10-19-12-20(22-11-15(2)17(4)24-22)13-21(19)23(16(14)3)18-8-6-5-7-9-18/h5-13H,1-4H3. The van der Waals surface area contributed by atoms with E-state index in [1.54, 1.807) is 0 Å². The molecule has 0 spiro atoms. The summed E-state index contributed by atoms with van der Waals surface area (Å²) < 4.78 is 5.94. The van der Waals surface area contributed by atoms with Crippen LogP contribution in [0.4, 0.5) is 0 Å². The summed E-state index contributed by atoms with van der Waals surface area (Å²) in [6.45, 7) is 8.51. The van der Waals surface area contributed by atoms with Gasteiger partial charge in [0, 0.05) is 12.0 Å². The Bertz CT molecular complexity index is 936. The second-order valence-corrected chi connectivity index (χ2v) is 6.66. The van der Waals surface area contributed by atoms with Crippen LogP contribution in [0.2, 0.25) is 0 Å². The Labute approximate surface area is 143 Å². The van der Waals surface area contributed by atoms with E-state index in [-0.39, 0.29) is 0 Å². The topological polar surface area (TPSA) is 13.1 Å². The fourth-order valence-corrected chi connectivity index (χ4v) is 3.44. The molecule has 0 N–H and O–H groups in total. The summed E-state index contributed by atoms with van der Waals surface area (Å²) in [6.07, 6.45) is 4.51. The van der Waals surface area contributed by atoms with Crippen molar-refractivity contribution in [2.75, 3.05) is 0 Å². The van der Waals surface area contributed by atoms with Crippen molar-refractivity contribution in [3.63, 3.8) is 0 Å². The molecule has 0 amide bonds. The van der Waals surface area contributed by atoms with Gasteiger partial charge in [-0.3, -0.25) is 0 Å². The van der Waals surface area contributed by atoms with Crippen LogP contribution < -0.4 is 0 Å². The highest BCUT2D eigenvalue weighted by Crippen LogP contribution is 2.42. The van der Waals surface area contributed by atoms with Crippen molar-refractivity contribution in [2.45, 2.75) is 27.7 Å². The van der Waals surface area contributed by atoms with Crippen molar-refractivity contribution >= 4 is 11.6 Å². The first-order valence-electron chi connectivity index (χ1n) is 8.38. The second-order valence-electron chi connectivity index (χ2n) is 6.66. The van der Waals surface area contributed by atoms with Gasteiger partial charge >= 0.3 is 0 Å². The molecule has 0 unspecified atom stereocenters. The van der Waals surface area contributed by atoms with E-state index in [1.807, 2.05) is 6.92 Å². The maximum Gasteiger partial charge on any atom is 0.131 e. The Morgan fingerprint density at radius 3 is 2.25 bits per heavy atom. The van der Waals surface area contributed by atoms with Gasteiger partial charge in [0.2, 0.25) is 0 Å². The molecule has 0 atom stereocenters. The fourth-order valence-electron chi connectivity index (χ4n) is 3.44. The molecule has 24 heavy (non-hydrogen) atoms. The first-order valence-corrected chi connectivity index (χ1v) is 8.38. The van der Waals surface area contributed by atoms with Crippen LogP contribution >= 0.6 is 0 Å². The van der Waals surface area contributed by atoms with Crippen molar-refractivity contribution in [3.05, 3.63) is 88.2 Å². The molecular weight excluding hydrogens is 292 g/mol. The third-order valence-electron chi connectivity index (χ3n) is 5.04. The van der Waals surface area contributed by atoms with Crippen molar-refractivity contribution in [1.29, 1.82) is 0 Å². The molecule has 2 aromatic carbocycles. The van der Waals surface area contributed by atoms with Crippen LogP contribution in [0.25, 0.3) is 22.8 Å². The van der Waals surface area contributed by atoms with Gasteiger partial charge < -0.3 is 4.42 Å². The number of rotatable bonds is 2. The molecule has 0 bridgehead atoms. The third-order valence-corrected chi connectivity index (χ3v) is 5.04. The van der Waals surface area contributed by atoms with Gasteiger partial charge in [0.25, 0.3) is 0 Å². The van der Waals surface area contributed by atoms with Gasteiger partial charge in [0.05, 0.1) is 0 Å². The highest BCUT2D eigenvalue weighted by atomic mass is 16.3. The van der Waals surface area contributed by atoms with E-state index >= 15 is 0 Å². The molecule has 4 rings (SSSR count). The minimum Gasteiger partial charge on any atom is -0.461 e. The van der Waals surface area contributed by atoms with E-state index < -0.39 is 0 Å². The number of hydrogen-bond acceptors (Lipinski definition) is 1. The lowest BCUT2D eigenvalue weighted by atomic mass is 9.90. The predicted molar refractivity (Wildman–Crippen MR) is 101 cm³/mol. The number of benzene rings is 2. The number of fused-ring (bicyclic) bond motifs is 1. The number of furan rings is 1. The lowest BCUT2D eigenvalue weighted by Gasteiger charge is -2.14. The average Bonchev–Trinajstić information content (AvgIpc) is 3.13. The van der Waals surface area contributed by atoms with Gasteiger partial charge in [-0.2, -0.15) is 0 Å². The Hall–Kier alpha value is -2.54. The molecule has 1 aliphatic carbocycles. The number of aryl methyl sites for hydroxylation is 3. The maximum atomic E-state index is 5.94. The summed E-state index contributed by atoms with van der Waals surface area (Å²) in [5.41, 5.74) is 10.2. The quantitative estimate of drug-likeness (QED) is 0.542. The molecule has 1 heterocycles. The predicted octanol–water partition coefficient (Wildman–Crippen LogP) is 6.29. The van der Waals surface area contributed by atoms with Gasteiger partial charge in [-0.15, -0.1) is 0 Å². The minimum atomic E-state index is 0.954. The molecule has 3 aromatic rings. The molecule has 0 saturated carbocycles. The van der Waals surface area contributed by atoms with E-state index in [0.29, 0.717) is 0 Å². The van der Waals surface area contributed by atoms with Crippen LogP contribution in [0.1, 0.15) is 39.3 Å². The van der Waals surface area contributed by atoms with Crippen molar-refractivity contribution < 1.29 is 4.42 Å². The first-order chi connectivity index (χ1) is 11.5. The SMILES string of the molecule is Cc1cc(C2=Cc3c(cc(C)c(C)c3-c3ccccc3)[CH]2)oc1C. The summed E-state index contributed by atoms with van der Waals surface area (Å²) in [5, 5.41) is 0.